The summed E-state index contributed by atoms with van der Waals surface area (Å²) in [4.78, 5) is 25.3. The van der Waals surface area contributed by atoms with Gasteiger partial charge in [-0.15, -0.1) is 0 Å². The highest BCUT2D eigenvalue weighted by atomic mass is 16.1. The summed E-state index contributed by atoms with van der Waals surface area (Å²) in [7, 11) is 0. The first-order chi connectivity index (χ1) is 12.1. The second kappa shape index (κ2) is 5.98. The Morgan fingerprint density at radius 1 is 1.12 bits per heavy atom. The molecular formula is C19H17N5O. The highest BCUT2D eigenvalue weighted by molar-refractivity contribution is 5.98. The number of carbonyl (C=O) groups is 1. The fraction of sp³-hybridized carbons (Fsp3) is 0.158. The average Bonchev–Trinajstić information content (AvgIpc) is 2.73. The quantitative estimate of drug-likeness (QED) is 0.752. The molecule has 0 saturated carbocycles. The number of aromatic nitrogens is 3. The van der Waals surface area contributed by atoms with Crippen LogP contribution in [0.4, 0.5) is 17.5 Å². The van der Waals surface area contributed by atoms with E-state index in [-0.39, 0.29) is 12.3 Å². The summed E-state index contributed by atoms with van der Waals surface area (Å²) in [5, 5.41) is 6.05. The monoisotopic (exact) mass is 331 g/mol. The van der Waals surface area contributed by atoms with Crippen molar-refractivity contribution >= 4 is 23.4 Å². The van der Waals surface area contributed by atoms with Crippen molar-refractivity contribution in [1.29, 1.82) is 0 Å². The van der Waals surface area contributed by atoms with Gasteiger partial charge in [0.15, 0.2) is 0 Å². The summed E-state index contributed by atoms with van der Waals surface area (Å²) in [6.07, 6.45) is 3.59. The van der Waals surface area contributed by atoms with Gasteiger partial charge >= 0.3 is 0 Å². The van der Waals surface area contributed by atoms with Crippen molar-refractivity contribution in [3.05, 3.63) is 59.4 Å². The van der Waals surface area contributed by atoms with Crippen molar-refractivity contribution in [1.82, 2.24) is 15.0 Å². The normalized spacial score (nSPS) is 12.6. The van der Waals surface area contributed by atoms with Gasteiger partial charge in [-0.1, -0.05) is 6.07 Å². The SMILES string of the molecule is Cc1ccc(Nc2ncc3c(n2)-c2cccnc2NC(=O)C3)cc1C. The number of hydrogen-bond acceptors (Lipinski definition) is 5. The maximum Gasteiger partial charge on any atom is 0.230 e. The van der Waals surface area contributed by atoms with Crippen molar-refractivity contribution in [3.63, 3.8) is 0 Å². The van der Waals surface area contributed by atoms with Crippen LogP contribution in [0.2, 0.25) is 0 Å². The van der Waals surface area contributed by atoms with E-state index in [9.17, 15) is 4.79 Å². The Morgan fingerprint density at radius 3 is 2.84 bits per heavy atom. The summed E-state index contributed by atoms with van der Waals surface area (Å²) in [6, 6.07) is 9.85. The van der Waals surface area contributed by atoms with Gasteiger partial charge < -0.3 is 10.6 Å². The van der Waals surface area contributed by atoms with E-state index in [1.807, 2.05) is 18.2 Å². The van der Waals surface area contributed by atoms with E-state index in [0.29, 0.717) is 11.8 Å². The predicted molar refractivity (Wildman–Crippen MR) is 96.8 cm³/mol. The van der Waals surface area contributed by atoms with Crippen molar-refractivity contribution in [2.45, 2.75) is 20.3 Å². The summed E-state index contributed by atoms with van der Waals surface area (Å²) in [6.45, 7) is 4.14. The standard InChI is InChI=1S/C19H17N5O/c1-11-5-6-14(8-12(11)2)22-19-21-10-13-9-16(25)23-18-15(17(13)24-19)4-3-7-20-18/h3-8,10H,9H2,1-2H3,(H,20,23,25)(H,21,22,24). The third-order valence-corrected chi connectivity index (χ3v) is 4.30. The molecule has 0 radical (unpaired) electrons. The number of pyridine rings is 1. The maximum absolute atomic E-state index is 12.0. The first-order valence-electron chi connectivity index (χ1n) is 8.05. The summed E-state index contributed by atoms with van der Waals surface area (Å²) < 4.78 is 0. The molecule has 0 unspecified atom stereocenters. The lowest BCUT2D eigenvalue weighted by Gasteiger charge is -2.11. The van der Waals surface area contributed by atoms with E-state index in [0.717, 1.165) is 22.5 Å². The largest absolute Gasteiger partial charge is 0.324 e. The Labute approximate surface area is 145 Å². The zero-order chi connectivity index (χ0) is 17.4. The molecule has 124 valence electrons. The van der Waals surface area contributed by atoms with E-state index in [4.69, 9.17) is 0 Å². The molecule has 1 aliphatic heterocycles. The van der Waals surface area contributed by atoms with Gasteiger partial charge in [0, 0.05) is 29.2 Å². The van der Waals surface area contributed by atoms with E-state index < -0.39 is 0 Å². The second-order valence-corrected chi connectivity index (χ2v) is 6.12. The molecule has 3 aromatic rings. The molecule has 0 spiro atoms. The van der Waals surface area contributed by atoms with E-state index in [1.165, 1.54) is 11.1 Å². The number of hydrogen-bond donors (Lipinski definition) is 2. The third-order valence-electron chi connectivity index (χ3n) is 4.30. The highest BCUT2D eigenvalue weighted by Gasteiger charge is 2.21. The number of anilines is 3. The van der Waals surface area contributed by atoms with E-state index in [2.05, 4.69) is 51.6 Å². The Bertz CT molecular complexity index is 983. The van der Waals surface area contributed by atoms with Crippen LogP contribution >= 0.6 is 0 Å². The molecule has 6 nitrogen and oxygen atoms in total. The van der Waals surface area contributed by atoms with Gasteiger partial charge in [0.25, 0.3) is 0 Å². The zero-order valence-corrected chi connectivity index (χ0v) is 14.0. The molecule has 2 N–H and O–H groups in total. The molecule has 6 heteroatoms. The lowest BCUT2D eigenvalue weighted by molar-refractivity contribution is -0.115. The molecule has 1 aromatic carbocycles. The van der Waals surface area contributed by atoms with Crippen LogP contribution in [-0.4, -0.2) is 20.9 Å². The Kier molecular flexibility index (Phi) is 3.65. The molecule has 0 aliphatic carbocycles. The fourth-order valence-electron chi connectivity index (χ4n) is 2.82. The van der Waals surface area contributed by atoms with E-state index in [1.54, 1.807) is 12.4 Å². The Morgan fingerprint density at radius 2 is 2.00 bits per heavy atom. The van der Waals surface area contributed by atoms with Crippen LogP contribution in [0.5, 0.6) is 0 Å². The molecule has 1 amide bonds. The fourth-order valence-corrected chi connectivity index (χ4v) is 2.82. The first kappa shape index (κ1) is 15.3. The number of benzene rings is 1. The predicted octanol–water partition coefficient (Wildman–Crippen LogP) is 3.39. The molecule has 25 heavy (non-hydrogen) atoms. The van der Waals surface area contributed by atoms with Crippen molar-refractivity contribution in [3.8, 4) is 11.3 Å². The summed E-state index contributed by atoms with van der Waals surface area (Å²) in [5.41, 5.74) is 5.67. The number of carbonyl (C=O) groups excluding carboxylic acids is 1. The van der Waals surface area contributed by atoms with Crippen LogP contribution in [0.25, 0.3) is 11.3 Å². The summed E-state index contributed by atoms with van der Waals surface area (Å²) in [5.74, 6) is 0.908. The topological polar surface area (TPSA) is 79.8 Å². The summed E-state index contributed by atoms with van der Waals surface area (Å²) >= 11 is 0. The van der Waals surface area contributed by atoms with Gasteiger partial charge in [-0.25, -0.2) is 15.0 Å². The van der Waals surface area contributed by atoms with Crippen molar-refractivity contribution in [2.24, 2.45) is 0 Å². The Hall–Kier alpha value is -3.28. The van der Waals surface area contributed by atoms with Crippen LogP contribution < -0.4 is 10.6 Å². The minimum absolute atomic E-state index is 0.114. The van der Waals surface area contributed by atoms with Crippen LogP contribution in [0.15, 0.2) is 42.7 Å². The van der Waals surface area contributed by atoms with Crippen LogP contribution in [0.1, 0.15) is 16.7 Å². The lowest BCUT2D eigenvalue weighted by Crippen LogP contribution is -2.13. The van der Waals surface area contributed by atoms with Gasteiger partial charge in [-0.3, -0.25) is 4.79 Å². The number of fused-ring (bicyclic) bond motifs is 3. The minimum atomic E-state index is -0.114. The molecule has 1 aliphatic rings. The first-order valence-corrected chi connectivity index (χ1v) is 8.05. The highest BCUT2D eigenvalue weighted by Crippen LogP contribution is 2.31. The van der Waals surface area contributed by atoms with Gasteiger partial charge in [0.1, 0.15) is 5.82 Å². The average molecular weight is 331 g/mol. The minimum Gasteiger partial charge on any atom is -0.324 e. The molecule has 2 aromatic heterocycles. The number of nitrogens with zero attached hydrogens (tertiary/aromatic N) is 3. The second-order valence-electron chi connectivity index (χ2n) is 6.12. The molecule has 4 rings (SSSR count). The van der Waals surface area contributed by atoms with Crippen molar-refractivity contribution in [2.75, 3.05) is 10.6 Å². The van der Waals surface area contributed by atoms with Gasteiger partial charge in [-0.2, -0.15) is 0 Å². The smallest absolute Gasteiger partial charge is 0.230 e. The molecule has 0 atom stereocenters. The zero-order valence-electron chi connectivity index (χ0n) is 14.0. The molecular weight excluding hydrogens is 314 g/mol. The van der Waals surface area contributed by atoms with Crippen LogP contribution in [-0.2, 0) is 11.2 Å². The van der Waals surface area contributed by atoms with Crippen LogP contribution in [0.3, 0.4) is 0 Å². The maximum atomic E-state index is 12.0. The van der Waals surface area contributed by atoms with Crippen molar-refractivity contribution < 1.29 is 4.79 Å². The number of rotatable bonds is 2. The van der Waals surface area contributed by atoms with Gasteiger partial charge in [0.2, 0.25) is 11.9 Å². The molecule has 0 bridgehead atoms. The van der Waals surface area contributed by atoms with Gasteiger partial charge in [0.05, 0.1) is 12.1 Å². The number of nitrogens with one attached hydrogen (secondary N) is 2. The number of amides is 1. The number of aryl methyl sites for hydroxylation is 2. The molecule has 0 fully saturated rings. The third kappa shape index (κ3) is 2.94. The molecule has 3 heterocycles. The Balaban J connectivity index is 1.76. The molecule has 0 saturated heterocycles. The lowest BCUT2D eigenvalue weighted by atomic mass is 10.1. The van der Waals surface area contributed by atoms with Gasteiger partial charge in [-0.05, 0) is 49.2 Å². The van der Waals surface area contributed by atoms with E-state index >= 15 is 0 Å². The van der Waals surface area contributed by atoms with Crippen LogP contribution in [0, 0.1) is 13.8 Å².